The van der Waals surface area contributed by atoms with Crippen molar-refractivity contribution in [3.05, 3.63) is 10.8 Å². The van der Waals surface area contributed by atoms with Gasteiger partial charge >= 0.3 is 0 Å². The minimum Gasteiger partial charge on any atom is -0.367 e. The number of nitrogens with zero attached hydrogens (tertiary/aromatic N) is 3. The molecule has 2 aromatic rings. The topological polar surface area (TPSA) is 76.7 Å². The SMILES string of the molecule is Cc1nc(NCCN)c2sc(C)nc2n1. The van der Waals surface area contributed by atoms with Crippen LogP contribution in [0.25, 0.3) is 10.3 Å². The van der Waals surface area contributed by atoms with E-state index in [0.717, 1.165) is 27.0 Å². The first-order valence-electron chi connectivity index (χ1n) is 4.76. The first-order valence-corrected chi connectivity index (χ1v) is 5.58. The Morgan fingerprint density at radius 2 is 2.07 bits per heavy atom. The Hall–Kier alpha value is -1.27. The average Bonchev–Trinajstić information content (AvgIpc) is 2.54. The van der Waals surface area contributed by atoms with Gasteiger partial charge in [-0.15, -0.1) is 11.3 Å². The van der Waals surface area contributed by atoms with Crippen molar-refractivity contribution in [3.63, 3.8) is 0 Å². The zero-order chi connectivity index (χ0) is 10.8. The van der Waals surface area contributed by atoms with E-state index >= 15 is 0 Å². The molecule has 0 aliphatic carbocycles. The monoisotopic (exact) mass is 223 g/mol. The summed E-state index contributed by atoms with van der Waals surface area (Å²) in [4.78, 5) is 13.0. The first-order chi connectivity index (χ1) is 7.20. The summed E-state index contributed by atoms with van der Waals surface area (Å²) in [7, 11) is 0. The van der Waals surface area contributed by atoms with Crippen molar-refractivity contribution in [1.29, 1.82) is 0 Å². The number of aromatic nitrogens is 3. The predicted octanol–water partition coefficient (Wildman–Crippen LogP) is 1.07. The summed E-state index contributed by atoms with van der Waals surface area (Å²) < 4.78 is 1.01. The molecule has 0 saturated carbocycles. The van der Waals surface area contributed by atoms with Crippen molar-refractivity contribution in [1.82, 2.24) is 15.0 Å². The van der Waals surface area contributed by atoms with Gasteiger partial charge in [0, 0.05) is 13.1 Å². The van der Waals surface area contributed by atoms with Gasteiger partial charge < -0.3 is 11.1 Å². The fourth-order valence-corrected chi connectivity index (χ4v) is 2.17. The lowest BCUT2D eigenvalue weighted by Crippen LogP contribution is -2.14. The molecule has 2 rings (SSSR count). The van der Waals surface area contributed by atoms with Crippen molar-refractivity contribution >= 4 is 27.5 Å². The van der Waals surface area contributed by atoms with E-state index in [-0.39, 0.29) is 0 Å². The van der Waals surface area contributed by atoms with Gasteiger partial charge in [-0.2, -0.15) is 0 Å². The predicted molar refractivity (Wildman–Crippen MR) is 62.2 cm³/mol. The summed E-state index contributed by atoms with van der Waals surface area (Å²) in [5.41, 5.74) is 6.21. The van der Waals surface area contributed by atoms with Crippen LogP contribution in [0.4, 0.5) is 5.82 Å². The van der Waals surface area contributed by atoms with Crippen LogP contribution in [0.2, 0.25) is 0 Å². The van der Waals surface area contributed by atoms with Crippen LogP contribution in [0.15, 0.2) is 0 Å². The van der Waals surface area contributed by atoms with E-state index in [9.17, 15) is 0 Å². The van der Waals surface area contributed by atoms with Gasteiger partial charge in [-0.05, 0) is 13.8 Å². The van der Waals surface area contributed by atoms with Gasteiger partial charge in [0.15, 0.2) is 5.65 Å². The van der Waals surface area contributed by atoms with Gasteiger partial charge in [-0.3, -0.25) is 0 Å². The maximum atomic E-state index is 5.45. The van der Waals surface area contributed by atoms with Gasteiger partial charge in [0.25, 0.3) is 0 Å². The van der Waals surface area contributed by atoms with Crippen molar-refractivity contribution in [2.75, 3.05) is 18.4 Å². The number of hydrogen-bond acceptors (Lipinski definition) is 6. The van der Waals surface area contributed by atoms with E-state index in [1.165, 1.54) is 0 Å². The van der Waals surface area contributed by atoms with Crippen molar-refractivity contribution in [2.45, 2.75) is 13.8 Å². The number of anilines is 1. The molecule has 0 radical (unpaired) electrons. The van der Waals surface area contributed by atoms with Crippen LogP contribution in [-0.2, 0) is 0 Å². The quantitative estimate of drug-likeness (QED) is 0.814. The highest BCUT2D eigenvalue weighted by Crippen LogP contribution is 2.26. The highest BCUT2D eigenvalue weighted by molar-refractivity contribution is 7.19. The lowest BCUT2D eigenvalue weighted by molar-refractivity contribution is 0.997. The molecule has 0 spiro atoms. The molecule has 0 saturated heterocycles. The molecule has 80 valence electrons. The van der Waals surface area contributed by atoms with Gasteiger partial charge in [-0.1, -0.05) is 0 Å². The van der Waals surface area contributed by atoms with Gasteiger partial charge in [-0.25, -0.2) is 15.0 Å². The molecule has 15 heavy (non-hydrogen) atoms. The number of rotatable bonds is 3. The Morgan fingerprint density at radius 3 is 2.80 bits per heavy atom. The van der Waals surface area contributed by atoms with Crippen LogP contribution in [0.5, 0.6) is 0 Å². The summed E-state index contributed by atoms with van der Waals surface area (Å²) in [6.07, 6.45) is 0. The van der Waals surface area contributed by atoms with Gasteiger partial charge in [0.1, 0.15) is 16.3 Å². The third-order valence-electron chi connectivity index (χ3n) is 1.91. The molecular weight excluding hydrogens is 210 g/mol. The van der Waals surface area contributed by atoms with Crippen molar-refractivity contribution in [2.24, 2.45) is 5.73 Å². The van der Waals surface area contributed by atoms with Gasteiger partial charge in [0.05, 0.1) is 5.01 Å². The lowest BCUT2D eigenvalue weighted by Gasteiger charge is -2.04. The fourth-order valence-electron chi connectivity index (χ4n) is 1.35. The van der Waals surface area contributed by atoms with Crippen LogP contribution in [0.3, 0.4) is 0 Å². The van der Waals surface area contributed by atoms with Crippen LogP contribution in [-0.4, -0.2) is 28.0 Å². The van der Waals surface area contributed by atoms with Crippen molar-refractivity contribution in [3.8, 4) is 0 Å². The summed E-state index contributed by atoms with van der Waals surface area (Å²) in [6, 6.07) is 0. The van der Waals surface area contributed by atoms with E-state index in [4.69, 9.17) is 5.73 Å². The number of hydrogen-bond donors (Lipinski definition) is 2. The zero-order valence-electron chi connectivity index (χ0n) is 8.74. The van der Waals surface area contributed by atoms with E-state index in [1.54, 1.807) is 11.3 Å². The Morgan fingerprint density at radius 1 is 1.27 bits per heavy atom. The smallest absolute Gasteiger partial charge is 0.176 e. The minimum absolute atomic E-state index is 0.586. The Bertz CT molecular complexity index is 479. The van der Waals surface area contributed by atoms with Crippen LogP contribution >= 0.6 is 11.3 Å². The number of aryl methyl sites for hydroxylation is 2. The summed E-state index contributed by atoms with van der Waals surface area (Å²) in [5.74, 6) is 1.57. The average molecular weight is 223 g/mol. The fraction of sp³-hybridized carbons (Fsp3) is 0.444. The van der Waals surface area contributed by atoms with Gasteiger partial charge in [0.2, 0.25) is 0 Å². The molecule has 2 aromatic heterocycles. The molecule has 0 atom stereocenters. The summed E-state index contributed by atoms with van der Waals surface area (Å²) >= 11 is 1.60. The molecule has 0 aliphatic heterocycles. The number of fused-ring (bicyclic) bond motifs is 1. The molecule has 0 unspecified atom stereocenters. The largest absolute Gasteiger partial charge is 0.367 e. The summed E-state index contributed by atoms with van der Waals surface area (Å²) in [5, 5.41) is 4.19. The molecule has 2 heterocycles. The molecule has 0 fully saturated rings. The Kier molecular flexibility index (Phi) is 2.79. The highest BCUT2D eigenvalue weighted by atomic mass is 32.1. The lowest BCUT2D eigenvalue weighted by atomic mass is 10.5. The second-order valence-corrected chi connectivity index (χ2v) is 4.42. The van der Waals surface area contributed by atoms with E-state index in [1.807, 2.05) is 13.8 Å². The molecular formula is C9H13N5S. The third kappa shape index (κ3) is 2.05. The van der Waals surface area contributed by atoms with Crippen LogP contribution in [0.1, 0.15) is 10.8 Å². The second-order valence-electron chi connectivity index (χ2n) is 3.22. The number of nitrogens with one attached hydrogen (secondary N) is 1. The highest BCUT2D eigenvalue weighted by Gasteiger charge is 2.09. The zero-order valence-corrected chi connectivity index (χ0v) is 9.56. The van der Waals surface area contributed by atoms with Crippen molar-refractivity contribution < 1.29 is 0 Å². The normalized spacial score (nSPS) is 10.9. The number of nitrogens with two attached hydrogens (primary N) is 1. The summed E-state index contributed by atoms with van der Waals surface area (Å²) in [6.45, 7) is 5.13. The molecule has 0 bridgehead atoms. The molecule has 0 aromatic carbocycles. The molecule has 5 nitrogen and oxygen atoms in total. The first kappa shape index (κ1) is 10.3. The Balaban J connectivity index is 2.50. The van der Waals surface area contributed by atoms with E-state index in [0.29, 0.717) is 13.1 Å². The molecule has 6 heteroatoms. The maximum absolute atomic E-state index is 5.45. The van der Waals surface area contributed by atoms with Crippen LogP contribution in [0, 0.1) is 13.8 Å². The maximum Gasteiger partial charge on any atom is 0.176 e. The van der Waals surface area contributed by atoms with E-state index in [2.05, 4.69) is 20.3 Å². The molecule has 3 N–H and O–H groups in total. The minimum atomic E-state index is 0.586. The molecule has 0 aliphatic rings. The third-order valence-corrected chi connectivity index (χ3v) is 2.88. The number of thiazole rings is 1. The Labute approximate surface area is 91.8 Å². The van der Waals surface area contributed by atoms with Crippen LogP contribution < -0.4 is 11.1 Å². The second kappa shape index (κ2) is 4.08. The standard InChI is InChI=1S/C9H13N5S/c1-5-12-8(11-4-3-10)7-9(13-5)14-6(2)15-7/h3-4,10H2,1-2H3,(H,11,12,13). The molecule has 0 amide bonds. The van der Waals surface area contributed by atoms with E-state index < -0.39 is 0 Å².